The van der Waals surface area contributed by atoms with Crippen LogP contribution < -0.4 is 0 Å². The normalized spacial score (nSPS) is 14.5. The largest absolute Gasteiger partial charge is 0.396 e. The molecule has 0 aliphatic rings. The summed E-state index contributed by atoms with van der Waals surface area (Å²) in [5.74, 6) is 0. The molecule has 13 heavy (non-hydrogen) atoms. The number of unbranched alkanes of at least 4 members (excludes halogenated alkanes) is 2. The van der Waals surface area contributed by atoms with Gasteiger partial charge in [0.25, 0.3) is 0 Å². The monoisotopic (exact) mass is 310 g/mol. The first-order valence-corrected chi connectivity index (χ1v) is 5.52. The van der Waals surface area contributed by atoms with E-state index in [9.17, 15) is 13.2 Å². The third-order valence-electron chi connectivity index (χ3n) is 1.63. The summed E-state index contributed by atoms with van der Waals surface area (Å²) in [5.41, 5.74) is 0. The van der Waals surface area contributed by atoms with Gasteiger partial charge in [-0.05, 0) is 12.8 Å². The first-order chi connectivity index (χ1) is 5.95. The molecule has 0 amide bonds. The molecule has 1 N–H and O–H groups in total. The van der Waals surface area contributed by atoms with Gasteiger partial charge >= 0.3 is 6.18 Å². The molecule has 0 aliphatic carbocycles. The van der Waals surface area contributed by atoms with Crippen molar-refractivity contribution in [2.75, 3.05) is 6.61 Å². The van der Waals surface area contributed by atoms with Crippen LogP contribution in [0.2, 0.25) is 0 Å². The van der Waals surface area contributed by atoms with Crippen LogP contribution in [-0.2, 0) is 0 Å². The lowest BCUT2D eigenvalue weighted by Gasteiger charge is -2.11. The van der Waals surface area contributed by atoms with Gasteiger partial charge < -0.3 is 5.11 Å². The Labute approximate surface area is 89.8 Å². The van der Waals surface area contributed by atoms with Crippen LogP contribution in [0.25, 0.3) is 0 Å². The van der Waals surface area contributed by atoms with E-state index < -0.39 is 12.6 Å². The first kappa shape index (κ1) is 13.5. The maximum absolute atomic E-state index is 11.8. The molecule has 0 aromatic rings. The van der Waals surface area contributed by atoms with Crippen molar-refractivity contribution in [3.63, 3.8) is 0 Å². The van der Waals surface area contributed by atoms with E-state index in [1.807, 2.05) is 22.6 Å². The highest BCUT2D eigenvalue weighted by Gasteiger charge is 2.30. The van der Waals surface area contributed by atoms with Crippen molar-refractivity contribution in [2.45, 2.75) is 42.2 Å². The van der Waals surface area contributed by atoms with Crippen molar-refractivity contribution < 1.29 is 18.3 Å². The van der Waals surface area contributed by atoms with E-state index in [0.717, 1.165) is 12.8 Å². The number of rotatable bonds is 6. The highest BCUT2D eigenvalue weighted by molar-refractivity contribution is 14.1. The number of halogens is 4. The Morgan fingerprint density at radius 2 is 1.77 bits per heavy atom. The van der Waals surface area contributed by atoms with E-state index in [-0.39, 0.29) is 10.5 Å². The minimum absolute atomic E-state index is 0.130. The lowest BCUT2D eigenvalue weighted by molar-refractivity contribution is -0.133. The van der Waals surface area contributed by atoms with Crippen molar-refractivity contribution in [3.05, 3.63) is 0 Å². The molecule has 0 bridgehead atoms. The maximum Gasteiger partial charge on any atom is 0.390 e. The van der Waals surface area contributed by atoms with Gasteiger partial charge in [-0.15, -0.1) is 0 Å². The molecular weight excluding hydrogens is 296 g/mol. The van der Waals surface area contributed by atoms with Crippen LogP contribution in [0.4, 0.5) is 13.2 Å². The average Bonchev–Trinajstić information content (AvgIpc) is 1.94. The van der Waals surface area contributed by atoms with Crippen LogP contribution in [0.1, 0.15) is 32.1 Å². The summed E-state index contributed by atoms with van der Waals surface area (Å²) in [4.78, 5) is 0. The molecule has 0 rings (SSSR count). The lowest BCUT2D eigenvalue weighted by atomic mass is 10.1. The van der Waals surface area contributed by atoms with E-state index in [1.165, 1.54) is 0 Å². The van der Waals surface area contributed by atoms with Gasteiger partial charge in [0.1, 0.15) is 0 Å². The highest BCUT2D eigenvalue weighted by Crippen LogP contribution is 2.27. The fraction of sp³-hybridized carbons (Fsp3) is 1.00. The third-order valence-corrected chi connectivity index (χ3v) is 2.69. The van der Waals surface area contributed by atoms with Gasteiger partial charge in [-0.2, -0.15) is 13.2 Å². The molecule has 0 aliphatic heterocycles. The van der Waals surface area contributed by atoms with Crippen molar-refractivity contribution in [2.24, 2.45) is 0 Å². The van der Waals surface area contributed by atoms with Gasteiger partial charge in [-0.1, -0.05) is 35.4 Å². The minimum atomic E-state index is -4.04. The standard InChI is InChI=1S/C8H14F3IO/c9-8(10,11)6-7(12)4-2-1-3-5-13/h7,13H,1-6H2. The first-order valence-electron chi connectivity index (χ1n) is 4.27. The van der Waals surface area contributed by atoms with E-state index in [1.54, 1.807) is 0 Å². The summed E-state index contributed by atoms with van der Waals surface area (Å²) in [6.07, 6.45) is -1.89. The topological polar surface area (TPSA) is 20.2 Å². The number of aliphatic hydroxyl groups excluding tert-OH is 1. The van der Waals surface area contributed by atoms with Gasteiger partial charge in [-0.3, -0.25) is 0 Å². The molecule has 0 heterocycles. The molecule has 1 atom stereocenters. The van der Waals surface area contributed by atoms with Crippen LogP contribution in [0, 0.1) is 0 Å². The molecular formula is C8H14F3IO. The zero-order valence-electron chi connectivity index (χ0n) is 7.28. The Kier molecular flexibility index (Phi) is 7.12. The van der Waals surface area contributed by atoms with Crippen LogP contribution in [-0.4, -0.2) is 21.8 Å². The van der Waals surface area contributed by atoms with Crippen molar-refractivity contribution >= 4 is 22.6 Å². The van der Waals surface area contributed by atoms with Crippen molar-refractivity contribution in [3.8, 4) is 0 Å². The summed E-state index contributed by atoms with van der Waals surface area (Å²) in [7, 11) is 0. The predicted molar refractivity (Wildman–Crippen MR) is 54.0 cm³/mol. The van der Waals surface area contributed by atoms with Crippen LogP contribution >= 0.6 is 22.6 Å². The summed E-state index contributed by atoms with van der Waals surface area (Å²) in [6, 6.07) is 0. The Hall–Kier alpha value is 0.480. The SMILES string of the molecule is OCCCCCC(I)CC(F)(F)F. The second-order valence-electron chi connectivity index (χ2n) is 2.99. The molecule has 0 saturated heterocycles. The lowest BCUT2D eigenvalue weighted by Crippen LogP contribution is -2.14. The molecule has 1 nitrogen and oxygen atoms in total. The van der Waals surface area contributed by atoms with Gasteiger partial charge in [0.2, 0.25) is 0 Å². The number of aliphatic hydroxyl groups is 1. The molecule has 0 radical (unpaired) electrons. The molecule has 0 aromatic carbocycles. The number of alkyl halides is 4. The Balaban J connectivity index is 3.35. The number of hydrogen-bond acceptors (Lipinski definition) is 1. The number of hydrogen-bond donors (Lipinski definition) is 1. The van der Waals surface area contributed by atoms with Crippen LogP contribution in [0.5, 0.6) is 0 Å². The second-order valence-corrected chi connectivity index (χ2v) is 4.75. The van der Waals surface area contributed by atoms with Crippen LogP contribution in [0.15, 0.2) is 0 Å². The van der Waals surface area contributed by atoms with E-state index in [0.29, 0.717) is 12.8 Å². The van der Waals surface area contributed by atoms with E-state index >= 15 is 0 Å². The Morgan fingerprint density at radius 1 is 1.15 bits per heavy atom. The molecule has 0 fully saturated rings. The molecule has 0 spiro atoms. The zero-order valence-corrected chi connectivity index (χ0v) is 9.44. The molecule has 0 saturated carbocycles. The Morgan fingerprint density at radius 3 is 2.23 bits per heavy atom. The summed E-state index contributed by atoms with van der Waals surface area (Å²) < 4.78 is 35.2. The van der Waals surface area contributed by atoms with E-state index in [2.05, 4.69) is 0 Å². The molecule has 0 aromatic heterocycles. The van der Waals surface area contributed by atoms with Gasteiger partial charge in [-0.25, -0.2) is 0 Å². The quantitative estimate of drug-likeness (QED) is 0.453. The van der Waals surface area contributed by atoms with Crippen molar-refractivity contribution in [1.29, 1.82) is 0 Å². The minimum Gasteiger partial charge on any atom is -0.396 e. The smallest absolute Gasteiger partial charge is 0.390 e. The summed E-state index contributed by atoms with van der Waals surface area (Å²) in [5, 5.41) is 8.44. The van der Waals surface area contributed by atoms with Crippen molar-refractivity contribution in [1.82, 2.24) is 0 Å². The average molecular weight is 310 g/mol. The predicted octanol–water partition coefficient (Wildman–Crippen LogP) is 3.30. The summed E-state index contributed by atoms with van der Waals surface area (Å²) >= 11 is 1.84. The van der Waals surface area contributed by atoms with E-state index in [4.69, 9.17) is 5.11 Å². The van der Waals surface area contributed by atoms with Gasteiger partial charge in [0, 0.05) is 10.5 Å². The van der Waals surface area contributed by atoms with Gasteiger partial charge in [0.15, 0.2) is 0 Å². The molecule has 5 heteroatoms. The highest BCUT2D eigenvalue weighted by atomic mass is 127. The third kappa shape index (κ3) is 10.4. The zero-order chi connectivity index (χ0) is 10.3. The van der Waals surface area contributed by atoms with Crippen LogP contribution in [0.3, 0.4) is 0 Å². The second kappa shape index (κ2) is 6.86. The molecule has 1 unspecified atom stereocenters. The van der Waals surface area contributed by atoms with Gasteiger partial charge in [0.05, 0.1) is 6.42 Å². The fourth-order valence-electron chi connectivity index (χ4n) is 1.01. The Bertz CT molecular complexity index is 127. The summed E-state index contributed by atoms with van der Waals surface area (Å²) in [6.45, 7) is 0.130. The molecule has 80 valence electrons. The fourth-order valence-corrected chi connectivity index (χ4v) is 1.95. The maximum atomic E-state index is 11.8.